The maximum Gasteiger partial charge on any atom is 0.338 e. The molecule has 1 aliphatic rings. The lowest BCUT2D eigenvalue weighted by Gasteiger charge is -2.27. The molecule has 0 radical (unpaired) electrons. The molecule has 7 nitrogen and oxygen atoms in total. The molecule has 1 aliphatic heterocycles. The van der Waals surface area contributed by atoms with Gasteiger partial charge in [0.25, 0.3) is 0 Å². The Morgan fingerprint density at radius 1 is 0.889 bits per heavy atom. The van der Waals surface area contributed by atoms with E-state index in [4.69, 9.17) is 28.4 Å². The molecule has 2 aromatic carbocycles. The molecule has 0 N–H and O–H groups in total. The van der Waals surface area contributed by atoms with Crippen LogP contribution >= 0.6 is 0 Å². The third-order valence-corrected chi connectivity index (χ3v) is 4.31. The summed E-state index contributed by atoms with van der Waals surface area (Å²) >= 11 is 0. The van der Waals surface area contributed by atoms with Gasteiger partial charge in [0.05, 0.1) is 34.0 Å². The predicted molar refractivity (Wildman–Crippen MR) is 97.5 cm³/mol. The molecule has 0 aliphatic carbocycles. The Morgan fingerprint density at radius 2 is 1.52 bits per heavy atom. The van der Waals surface area contributed by atoms with E-state index < -0.39 is 12.1 Å². The highest BCUT2D eigenvalue weighted by Gasteiger charge is 2.27. The predicted octanol–water partition coefficient (Wildman–Crippen LogP) is 2.88. The van der Waals surface area contributed by atoms with E-state index in [0.29, 0.717) is 40.7 Å². The van der Waals surface area contributed by atoms with E-state index in [-0.39, 0.29) is 6.61 Å². The van der Waals surface area contributed by atoms with Crippen LogP contribution in [0.1, 0.15) is 15.9 Å². The standard InChI is InChI=1S/C20H22O7/c1-22-13-5-12(6-14(7-13)23-2)20(21)27-16-8-17-18(25-4)9-15(24-3)10-19(17)26-11-16/h5-7,9-10,16H,8,11H2,1-4H3. The first-order valence-electron chi connectivity index (χ1n) is 8.39. The van der Waals surface area contributed by atoms with Gasteiger partial charge >= 0.3 is 5.97 Å². The highest BCUT2D eigenvalue weighted by Crippen LogP contribution is 2.38. The van der Waals surface area contributed by atoms with Crippen molar-refractivity contribution in [2.45, 2.75) is 12.5 Å². The molecular formula is C20H22O7. The minimum Gasteiger partial charge on any atom is -0.497 e. The average molecular weight is 374 g/mol. The number of hydrogen-bond donors (Lipinski definition) is 0. The normalized spacial score (nSPS) is 15.2. The van der Waals surface area contributed by atoms with E-state index in [1.54, 1.807) is 44.6 Å². The zero-order chi connectivity index (χ0) is 19.4. The first kappa shape index (κ1) is 18.7. The summed E-state index contributed by atoms with van der Waals surface area (Å²) in [6, 6.07) is 8.47. The summed E-state index contributed by atoms with van der Waals surface area (Å²) < 4.78 is 32.4. The summed E-state index contributed by atoms with van der Waals surface area (Å²) in [6.45, 7) is 0.246. The first-order chi connectivity index (χ1) is 13.1. The lowest BCUT2D eigenvalue weighted by Crippen LogP contribution is -2.31. The highest BCUT2D eigenvalue weighted by atomic mass is 16.6. The number of carbonyl (C=O) groups is 1. The van der Waals surface area contributed by atoms with Gasteiger partial charge in [-0.1, -0.05) is 0 Å². The monoisotopic (exact) mass is 374 g/mol. The molecule has 2 aromatic rings. The molecule has 0 saturated heterocycles. The van der Waals surface area contributed by atoms with Crippen LogP contribution in [0.4, 0.5) is 0 Å². The van der Waals surface area contributed by atoms with Crippen LogP contribution in [0.25, 0.3) is 0 Å². The van der Waals surface area contributed by atoms with Crippen LogP contribution in [0.5, 0.6) is 28.7 Å². The average Bonchev–Trinajstić information content (AvgIpc) is 2.72. The van der Waals surface area contributed by atoms with Crippen LogP contribution in [-0.4, -0.2) is 47.1 Å². The molecule has 0 amide bonds. The van der Waals surface area contributed by atoms with E-state index in [1.165, 1.54) is 14.2 Å². The molecule has 7 heteroatoms. The van der Waals surface area contributed by atoms with Crippen LogP contribution in [0.15, 0.2) is 30.3 Å². The lowest BCUT2D eigenvalue weighted by atomic mass is 10.0. The van der Waals surface area contributed by atoms with Crippen molar-refractivity contribution in [3.63, 3.8) is 0 Å². The zero-order valence-corrected chi connectivity index (χ0v) is 15.7. The van der Waals surface area contributed by atoms with Gasteiger partial charge in [0.15, 0.2) is 0 Å². The van der Waals surface area contributed by atoms with Crippen LogP contribution in [-0.2, 0) is 11.2 Å². The van der Waals surface area contributed by atoms with E-state index in [0.717, 1.165) is 5.56 Å². The molecule has 0 aromatic heterocycles. The highest BCUT2D eigenvalue weighted by molar-refractivity contribution is 5.90. The second-order valence-corrected chi connectivity index (χ2v) is 5.95. The van der Waals surface area contributed by atoms with Gasteiger partial charge in [-0.05, 0) is 12.1 Å². The summed E-state index contributed by atoms with van der Waals surface area (Å²) in [5.41, 5.74) is 1.18. The second kappa shape index (κ2) is 8.07. The number of benzene rings is 2. The first-order valence-corrected chi connectivity index (χ1v) is 8.39. The van der Waals surface area contributed by atoms with E-state index in [1.807, 2.05) is 0 Å². The number of hydrogen-bond acceptors (Lipinski definition) is 7. The quantitative estimate of drug-likeness (QED) is 0.720. The number of ether oxygens (including phenoxy) is 6. The summed E-state index contributed by atoms with van der Waals surface area (Å²) in [5.74, 6) is 2.50. The van der Waals surface area contributed by atoms with Gasteiger partial charge in [0.2, 0.25) is 0 Å². The van der Waals surface area contributed by atoms with Gasteiger partial charge in [-0.15, -0.1) is 0 Å². The number of carbonyl (C=O) groups excluding carboxylic acids is 1. The Labute approximate surface area is 157 Å². The van der Waals surface area contributed by atoms with Gasteiger partial charge < -0.3 is 28.4 Å². The third kappa shape index (κ3) is 4.02. The Balaban J connectivity index is 1.77. The van der Waals surface area contributed by atoms with Crippen molar-refractivity contribution in [1.29, 1.82) is 0 Å². The van der Waals surface area contributed by atoms with Crippen LogP contribution in [0.3, 0.4) is 0 Å². The van der Waals surface area contributed by atoms with Crippen molar-refractivity contribution in [2.24, 2.45) is 0 Å². The van der Waals surface area contributed by atoms with Gasteiger partial charge in [0, 0.05) is 30.2 Å². The molecule has 0 spiro atoms. The fraction of sp³-hybridized carbons (Fsp3) is 0.350. The largest absolute Gasteiger partial charge is 0.497 e. The summed E-state index contributed by atoms with van der Waals surface area (Å²) in [5, 5.41) is 0. The maximum atomic E-state index is 12.6. The van der Waals surface area contributed by atoms with Gasteiger partial charge in [0.1, 0.15) is 41.5 Å². The fourth-order valence-corrected chi connectivity index (χ4v) is 2.92. The van der Waals surface area contributed by atoms with E-state index in [9.17, 15) is 4.79 Å². The number of methoxy groups -OCH3 is 4. The lowest BCUT2D eigenvalue weighted by molar-refractivity contribution is 0.0127. The minimum atomic E-state index is -0.475. The molecule has 27 heavy (non-hydrogen) atoms. The smallest absolute Gasteiger partial charge is 0.338 e. The van der Waals surface area contributed by atoms with Crippen molar-refractivity contribution in [2.75, 3.05) is 35.0 Å². The zero-order valence-electron chi connectivity index (χ0n) is 15.7. The molecule has 0 bridgehead atoms. The SMILES string of the molecule is COc1cc(OC)cc(C(=O)OC2COc3cc(OC)cc(OC)c3C2)c1. The molecule has 0 saturated carbocycles. The Bertz CT molecular complexity index is 792. The molecule has 3 rings (SSSR count). The third-order valence-electron chi connectivity index (χ3n) is 4.31. The fourth-order valence-electron chi connectivity index (χ4n) is 2.92. The number of fused-ring (bicyclic) bond motifs is 1. The van der Waals surface area contributed by atoms with E-state index >= 15 is 0 Å². The minimum absolute atomic E-state index is 0.246. The number of esters is 1. The Kier molecular flexibility index (Phi) is 5.59. The van der Waals surface area contributed by atoms with Crippen LogP contribution in [0, 0.1) is 0 Å². The Morgan fingerprint density at radius 3 is 2.11 bits per heavy atom. The van der Waals surface area contributed by atoms with Crippen molar-refractivity contribution in [3.05, 3.63) is 41.5 Å². The van der Waals surface area contributed by atoms with Crippen molar-refractivity contribution in [3.8, 4) is 28.7 Å². The molecule has 1 unspecified atom stereocenters. The summed E-state index contributed by atoms with van der Waals surface area (Å²) in [7, 11) is 6.21. The molecule has 144 valence electrons. The van der Waals surface area contributed by atoms with Gasteiger partial charge in [-0.25, -0.2) is 4.79 Å². The summed E-state index contributed by atoms with van der Waals surface area (Å²) in [4.78, 5) is 12.6. The molecular weight excluding hydrogens is 352 g/mol. The second-order valence-electron chi connectivity index (χ2n) is 5.95. The van der Waals surface area contributed by atoms with Crippen LogP contribution in [0.2, 0.25) is 0 Å². The Hall–Kier alpha value is -3.09. The van der Waals surface area contributed by atoms with Crippen molar-refractivity contribution >= 4 is 5.97 Å². The number of rotatable bonds is 6. The molecule has 1 heterocycles. The molecule has 0 fully saturated rings. The maximum absolute atomic E-state index is 12.6. The molecule has 1 atom stereocenters. The van der Waals surface area contributed by atoms with Gasteiger partial charge in [-0.2, -0.15) is 0 Å². The topological polar surface area (TPSA) is 72.5 Å². The van der Waals surface area contributed by atoms with Gasteiger partial charge in [-0.3, -0.25) is 0 Å². The summed E-state index contributed by atoms with van der Waals surface area (Å²) in [6.07, 6.45) is 0.0412. The van der Waals surface area contributed by atoms with Crippen molar-refractivity contribution in [1.82, 2.24) is 0 Å². The van der Waals surface area contributed by atoms with Crippen molar-refractivity contribution < 1.29 is 33.2 Å². The van der Waals surface area contributed by atoms with Crippen LogP contribution < -0.4 is 23.7 Å². The van der Waals surface area contributed by atoms with E-state index in [2.05, 4.69) is 0 Å².